The zero-order valence-corrected chi connectivity index (χ0v) is 16.0. The third-order valence-corrected chi connectivity index (χ3v) is 4.95. The molecule has 0 spiro atoms. The summed E-state index contributed by atoms with van der Waals surface area (Å²) in [6.45, 7) is 8.71. The summed E-state index contributed by atoms with van der Waals surface area (Å²) in [6, 6.07) is 15.0. The van der Waals surface area contributed by atoms with Gasteiger partial charge in [0.25, 0.3) is 5.91 Å². The highest BCUT2D eigenvalue weighted by atomic mass is 16.5. The van der Waals surface area contributed by atoms with Crippen LogP contribution in [0.3, 0.4) is 0 Å². The molecule has 0 radical (unpaired) electrons. The van der Waals surface area contributed by atoms with E-state index in [1.165, 1.54) is 0 Å². The van der Waals surface area contributed by atoms with E-state index >= 15 is 0 Å². The Morgan fingerprint density at radius 3 is 2.22 bits per heavy atom. The van der Waals surface area contributed by atoms with E-state index in [1.54, 1.807) is 19.1 Å². The Balaban J connectivity index is 1.73. The summed E-state index contributed by atoms with van der Waals surface area (Å²) in [4.78, 5) is 28.9. The van der Waals surface area contributed by atoms with Crippen LogP contribution in [0.1, 0.15) is 34.6 Å². The fourth-order valence-electron chi connectivity index (χ4n) is 3.29. The first kappa shape index (κ1) is 19.1. The third-order valence-electron chi connectivity index (χ3n) is 4.95. The molecule has 1 saturated heterocycles. The number of benzene rings is 2. The van der Waals surface area contributed by atoms with Crippen LogP contribution in [-0.4, -0.2) is 61.0 Å². The van der Waals surface area contributed by atoms with Crippen LogP contribution in [0.25, 0.3) is 11.1 Å². The molecule has 0 atom stereocenters. The Labute approximate surface area is 160 Å². The Hall–Kier alpha value is -2.66. The molecule has 1 aliphatic heterocycles. The summed E-state index contributed by atoms with van der Waals surface area (Å²) in [6.07, 6.45) is 0. The first-order valence-electron chi connectivity index (χ1n) is 9.51. The van der Waals surface area contributed by atoms with Crippen molar-refractivity contribution in [3.05, 3.63) is 59.7 Å². The van der Waals surface area contributed by atoms with E-state index < -0.39 is 0 Å². The lowest BCUT2D eigenvalue weighted by Gasteiger charge is -2.34. The summed E-state index contributed by atoms with van der Waals surface area (Å²) >= 11 is 0. The smallest absolute Gasteiger partial charge is 0.338 e. The van der Waals surface area contributed by atoms with Crippen molar-refractivity contribution in [1.82, 2.24) is 9.80 Å². The molecule has 0 aromatic heterocycles. The van der Waals surface area contributed by atoms with Crippen LogP contribution in [0, 0.1) is 0 Å². The number of carbonyl (C=O) groups excluding carboxylic acids is 2. The average molecular weight is 366 g/mol. The predicted octanol–water partition coefficient (Wildman–Crippen LogP) is 3.31. The Morgan fingerprint density at radius 2 is 1.59 bits per heavy atom. The van der Waals surface area contributed by atoms with Gasteiger partial charge in [-0.15, -0.1) is 0 Å². The van der Waals surface area contributed by atoms with Crippen LogP contribution >= 0.6 is 0 Å². The van der Waals surface area contributed by atoms with Crippen LogP contribution in [0.5, 0.6) is 0 Å². The van der Waals surface area contributed by atoms with Gasteiger partial charge in [-0.3, -0.25) is 4.79 Å². The van der Waals surface area contributed by atoms with E-state index in [2.05, 4.69) is 11.8 Å². The maximum absolute atomic E-state index is 12.8. The molecule has 0 bridgehead atoms. The molecule has 1 heterocycles. The minimum Gasteiger partial charge on any atom is -0.462 e. The number of nitrogens with zero attached hydrogens (tertiary/aromatic N) is 2. The second-order valence-electron chi connectivity index (χ2n) is 6.61. The molecule has 142 valence electrons. The van der Waals surface area contributed by atoms with Crippen LogP contribution in [0.4, 0.5) is 0 Å². The molecule has 3 rings (SSSR count). The lowest BCUT2D eigenvalue weighted by atomic mass is 10.0. The van der Waals surface area contributed by atoms with Gasteiger partial charge in [0.2, 0.25) is 0 Å². The Morgan fingerprint density at radius 1 is 0.889 bits per heavy atom. The van der Waals surface area contributed by atoms with Gasteiger partial charge in [0, 0.05) is 31.7 Å². The highest BCUT2D eigenvalue weighted by molar-refractivity contribution is 5.95. The van der Waals surface area contributed by atoms with Crippen LogP contribution < -0.4 is 0 Å². The first-order valence-corrected chi connectivity index (χ1v) is 9.51. The minimum absolute atomic E-state index is 0.0794. The number of hydrogen-bond donors (Lipinski definition) is 0. The number of hydrogen-bond acceptors (Lipinski definition) is 4. The van der Waals surface area contributed by atoms with E-state index in [1.807, 2.05) is 41.3 Å². The van der Waals surface area contributed by atoms with E-state index in [0.29, 0.717) is 17.7 Å². The number of piperazine rings is 1. The van der Waals surface area contributed by atoms with Gasteiger partial charge in [-0.05, 0) is 48.9 Å². The van der Waals surface area contributed by atoms with E-state index in [-0.39, 0.29) is 11.9 Å². The summed E-state index contributed by atoms with van der Waals surface area (Å²) in [5.74, 6) is -0.241. The van der Waals surface area contributed by atoms with Crippen molar-refractivity contribution in [1.29, 1.82) is 0 Å². The molecular weight excluding hydrogens is 340 g/mol. The van der Waals surface area contributed by atoms with Gasteiger partial charge in [-0.25, -0.2) is 4.79 Å². The average Bonchev–Trinajstić information content (AvgIpc) is 2.73. The van der Waals surface area contributed by atoms with Gasteiger partial charge >= 0.3 is 5.97 Å². The first-order chi connectivity index (χ1) is 13.1. The molecule has 5 nitrogen and oxygen atoms in total. The summed E-state index contributed by atoms with van der Waals surface area (Å²) in [5.41, 5.74) is 3.16. The number of esters is 1. The second kappa shape index (κ2) is 8.82. The highest BCUT2D eigenvalue weighted by Crippen LogP contribution is 2.22. The maximum atomic E-state index is 12.8. The fraction of sp³-hybridized carbons (Fsp3) is 0.364. The van der Waals surface area contributed by atoms with E-state index in [4.69, 9.17) is 4.74 Å². The van der Waals surface area contributed by atoms with Gasteiger partial charge in [0.15, 0.2) is 0 Å². The van der Waals surface area contributed by atoms with E-state index in [9.17, 15) is 9.59 Å². The predicted molar refractivity (Wildman–Crippen MR) is 106 cm³/mol. The Bertz CT molecular complexity index is 793. The molecule has 0 aliphatic carbocycles. The second-order valence-corrected chi connectivity index (χ2v) is 6.61. The molecule has 0 saturated carbocycles. The Kier molecular flexibility index (Phi) is 6.24. The van der Waals surface area contributed by atoms with Crippen LogP contribution in [0.2, 0.25) is 0 Å². The zero-order chi connectivity index (χ0) is 19.2. The lowest BCUT2D eigenvalue weighted by molar-refractivity contribution is 0.0526. The lowest BCUT2D eigenvalue weighted by Crippen LogP contribution is -2.48. The largest absolute Gasteiger partial charge is 0.462 e. The molecular formula is C22H26N2O3. The molecule has 5 heteroatoms. The molecule has 1 amide bonds. The summed E-state index contributed by atoms with van der Waals surface area (Å²) in [5, 5.41) is 0. The van der Waals surface area contributed by atoms with Crippen LogP contribution in [-0.2, 0) is 4.74 Å². The number of likely N-dealkylation sites (N-methyl/N-ethyl adjacent to an activating group) is 1. The topological polar surface area (TPSA) is 49.9 Å². The SMILES string of the molecule is CCOC(=O)c1ccc(-c2cccc(C(=O)N3CCN(CC)CC3)c2)cc1. The minimum atomic E-state index is -0.320. The van der Waals surface area contributed by atoms with E-state index in [0.717, 1.165) is 43.9 Å². The van der Waals surface area contributed by atoms with Crippen molar-refractivity contribution < 1.29 is 14.3 Å². The monoisotopic (exact) mass is 366 g/mol. The van der Waals surface area contributed by atoms with Gasteiger partial charge < -0.3 is 14.5 Å². The van der Waals surface area contributed by atoms with Crippen molar-refractivity contribution in [2.24, 2.45) is 0 Å². The quantitative estimate of drug-likeness (QED) is 0.762. The van der Waals surface area contributed by atoms with Crippen molar-refractivity contribution in [3.63, 3.8) is 0 Å². The number of rotatable bonds is 5. The molecule has 0 unspecified atom stereocenters. The molecule has 1 aliphatic rings. The normalized spacial score (nSPS) is 14.8. The van der Waals surface area contributed by atoms with Crippen molar-refractivity contribution in [2.45, 2.75) is 13.8 Å². The van der Waals surface area contributed by atoms with Gasteiger partial charge in [0.1, 0.15) is 0 Å². The van der Waals surface area contributed by atoms with Gasteiger partial charge in [0.05, 0.1) is 12.2 Å². The number of carbonyl (C=O) groups is 2. The van der Waals surface area contributed by atoms with Crippen molar-refractivity contribution in [2.75, 3.05) is 39.3 Å². The standard InChI is InChI=1S/C22H26N2O3/c1-3-23-12-14-24(15-13-23)21(25)20-7-5-6-19(16-20)17-8-10-18(11-9-17)22(26)27-4-2/h5-11,16H,3-4,12-15H2,1-2H3. The van der Waals surface area contributed by atoms with Crippen molar-refractivity contribution >= 4 is 11.9 Å². The molecule has 2 aromatic rings. The third kappa shape index (κ3) is 4.55. The highest BCUT2D eigenvalue weighted by Gasteiger charge is 2.21. The van der Waals surface area contributed by atoms with Gasteiger partial charge in [-0.2, -0.15) is 0 Å². The molecule has 27 heavy (non-hydrogen) atoms. The number of ether oxygens (including phenoxy) is 1. The van der Waals surface area contributed by atoms with Crippen LogP contribution in [0.15, 0.2) is 48.5 Å². The molecule has 2 aromatic carbocycles. The van der Waals surface area contributed by atoms with Gasteiger partial charge in [-0.1, -0.05) is 31.2 Å². The molecule has 0 N–H and O–H groups in total. The summed E-state index contributed by atoms with van der Waals surface area (Å²) < 4.78 is 5.01. The number of amides is 1. The molecule has 1 fully saturated rings. The summed E-state index contributed by atoms with van der Waals surface area (Å²) in [7, 11) is 0. The zero-order valence-electron chi connectivity index (χ0n) is 16.0. The maximum Gasteiger partial charge on any atom is 0.338 e. The van der Waals surface area contributed by atoms with Crippen molar-refractivity contribution in [3.8, 4) is 11.1 Å². The fourth-order valence-corrected chi connectivity index (χ4v) is 3.29.